The molecule has 0 bridgehead atoms. The molecular weight excluding hydrogens is 250 g/mol. The number of benzene rings is 1. The Morgan fingerprint density at radius 2 is 2.05 bits per heavy atom. The Labute approximate surface area is 123 Å². The van der Waals surface area contributed by atoms with Crippen molar-refractivity contribution in [3.63, 3.8) is 0 Å². The molecule has 1 aromatic carbocycles. The van der Waals surface area contributed by atoms with Crippen LogP contribution in [-0.4, -0.2) is 24.6 Å². The van der Waals surface area contributed by atoms with Gasteiger partial charge in [0.15, 0.2) is 0 Å². The lowest BCUT2D eigenvalue weighted by atomic mass is 9.94. The summed E-state index contributed by atoms with van der Waals surface area (Å²) in [6.07, 6.45) is 6.06. The molecule has 0 saturated heterocycles. The van der Waals surface area contributed by atoms with Crippen LogP contribution >= 0.6 is 11.8 Å². The number of hydrogen-bond acceptors (Lipinski definition) is 2. The van der Waals surface area contributed by atoms with Crippen molar-refractivity contribution in [2.24, 2.45) is 5.92 Å². The molecule has 0 saturated carbocycles. The Bertz CT molecular complexity index is 349. The number of nitrogens with one attached hydrogen (secondary N) is 1. The highest BCUT2D eigenvalue weighted by atomic mass is 32.2. The monoisotopic (exact) mass is 279 g/mol. The normalized spacial score (nSPS) is 12.9. The van der Waals surface area contributed by atoms with Crippen molar-refractivity contribution >= 4 is 11.8 Å². The summed E-state index contributed by atoms with van der Waals surface area (Å²) in [5.41, 5.74) is 2.86. The van der Waals surface area contributed by atoms with Crippen LogP contribution in [0.5, 0.6) is 0 Å². The third-order valence-corrected chi connectivity index (χ3v) is 4.08. The second-order valence-electron chi connectivity index (χ2n) is 5.76. The molecule has 0 heterocycles. The molecule has 0 aromatic heterocycles. The number of aryl methyl sites for hydroxylation is 1. The summed E-state index contributed by atoms with van der Waals surface area (Å²) in [5, 5.41) is 3.60. The molecule has 1 N–H and O–H groups in total. The van der Waals surface area contributed by atoms with E-state index in [0.29, 0.717) is 6.04 Å². The van der Waals surface area contributed by atoms with Gasteiger partial charge in [-0.2, -0.15) is 11.8 Å². The number of rotatable bonds is 9. The van der Waals surface area contributed by atoms with Gasteiger partial charge < -0.3 is 5.32 Å². The Hall–Kier alpha value is -0.470. The van der Waals surface area contributed by atoms with Gasteiger partial charge in [0.05, 0.1) is 0 Å². The van der Waals surface area contributed by atoms with Crippen molar-refractivity contribution in [1.82, 2.24) is 5.32 Å². The van der Waals surface area contributed by atoms with E-state index in [9.17, 15) is 0 Å². The lowest BCUT2D eigenvalue weighted by molar-refractivity contribution is 0.419. The van der Waals surface area contributed by atoms with Crippen LogP contribution in [0.1, 0.15) is 37.8 Å². The van der Waals surface area contributed by atoms with Crippen LogP contribution < -0.4 is 5.32 Å². The van der Waals surface area contributed by atoms with E-state index in [4.69, 9.17) is 0 Å². The molecule has 1 nitrogen and oxygen atoms in total. The van der Waals surface area contributed by atoms with Crippen LogP contribution in [0.4, 0.5) is 0 Å². The first kappa shape index (κ1) is 16.6. The van der Waals surface area contributed by atoms with Gasteiger partial charge in [0.2, 0.25) is 0 Å². The first-order valence-electron chi connectivity index (χ1n) is 7.39. The van der Waals surface area contributed by atoms with Crippen LogP contribution in [0.3, 0.4) is 0 Å². The van der Waals surface area contributed by atoms with Crippen LogP contribution in [0, 0.1) is 12.8 Å². The van der Waals surface area contributed by atoms with E-state index in [1.54, 1.807) is 0 Å². The van der Waals surface area contributed by atoms with Gasteiger partial charge in [0.25, 0.3) is 0 Å². The minimum atomic E-state index is 0.584. The van der Waals surface area contributed by atoms with Crippen molar-refractivity contribution < 1.29 is 0 Å². The first-order chi connectivity index (χ1) is 9.11. The van der Waals surface area contributed by atoms with E-state index >= 15 is 0 Å². The smallest absolute Gasteiger partial charge is 0.00104 e. The molecule has 0 spiro atoms. The molecule has 0 aliphatic heterocycles. The topological polar surface area (TPSA) is 12.0 Å². The zero-order valence-corrected chi connectivity index (χ0v) is 13.7. The lowest BCUT2D eigenvalue weighted by Gasteiger charge is -2.19. The second-order valence-corrected chi connectivity index (χ2v) is 6.74. The molecule has 1 unspecified atom stereocenters. The molecule has 0 aliphatic carbocycles. The standard InChI is InChI=1S/C17H29NS/c1-14(2)18-13-17(9-6-10-19-4)12-16-8-5-7-15(3)11-16/h5,7-8,11,14,17-18H,6,9-10,12-13H2,1-4H3. The fraction of sp³-hybridized carbons (Fsp3) is 0.647. The summed E-state index contributed by atoms with van der Waals surface area (Å²) in [5.74, 6) is 2.04. The van der Waals surface area contributed by atoms with E-state index < -0.39 is 0 Å². The fourth-order valence-corrected chi connectivity index (χ4v) is 2.82. The maximum Gasteiger partial charge on any atom is 0.00104 e. The van der Waals surface area contributed by atoms with Crippen LogP contribution in [0.15, 0.2) is 24.3 Å². The van der Waals surface area contributed by atoms with Gasteiger partial charge in [-0.05, 0) is 56.2 Å². The van der Waals surface area contributed by atoms with Gasteiger partial charge in [-0.1, -0.05) is 43.7 Å². The molecule has 1 rings (SSSR count). The Morgan fingerprint density at radius 1 is 1.26 bits per heavy atom. The average Bonchev–Trinajstić information content (AvgIpc) is 2.36. The van der Waals surface area contributed by atoms with Gasteiger partial charge in [-0.25, -0.2) is 0 Å². The predicted molar refractivity (Wildman–Crippen MR) is 89.1 cm³/mol. The third kappa shape index (κ3) is 7.64. The summed E-state index contributed by atoms with van der Waals surface area (Å²) in [6, 6.07) is 9.54. The highest BCUT2D eigenvalue weighted by molar-refractivity contribution is 7.98. The summed E-state index contributed by atoms with van der Waals surface area (Å²) < 4.78 is 0. The number of hydrogen-bond donors (Lipinski definition) is 1. The molecule has 19 heavy (non-hydrogen) atoms. The predicted octanol–water partition coefficient (Wildman–Crippen LogP) is 4.29. The molecule has 0 amide bonds. The first-order valence-corrected chi connectivity index (χ1v) is 8.79. The Balaban J connectivity index is 2.51. The van der Waals surface area contributed by atoms with E-state index in [2.05, 4.69) is 56.6 Å². The summed E-state index contributed by atoms with van der Waals surface area (Å²) in [6.45, 7) is 7.77. The Kier molecular flexibility index (Phi) is 8.24. The Morgan fingerprint density at radius 3 is 2.68 bits per heavy atom. The third-order valence-electron chi connectivity index (χ3n) is 3.38. The minimum Gasteiger partial charge on any atom is -0.314 e. The van der Waals surface area contributed by atoms with E-state index in [1.165, 1.54) is 36.1 Å². The molecule has 1 aromatic rings. The molecule has 0 radical (unpaired) electrons. The van der Waals surface area contributed by atoms with Crippen molar-refractivity contribution in [3.8, 4) is 0 Å². The summed E-state index contributed by atoms with van der Waals surface area (Å²) >= 11 is 1.96. The maximum atomic E-state index is 3.60. The van der Waals surface area contributed by atoms with E-state index in [1.807, 2.05) is 11.8 Å². The van der Waals surface area contributed by atoms with Gasteiger partial charge >= 0.3 is 0 Å². The van der Waals surface area contributed by atoms with Crippen molar-refractivity contribution in [1.29, 1.82) is 0 Å². The van der Waals surface area contributed by atoms with E-state index in [-0.39, 0.29) is 0 Å². The zero-order valence-electron chi connectivity index (χ0n) is 12.9. The molecule has 108 valence electrons. The zero-order chi connectivity index (χ0) is 14.1. The van der Waals surface area contributed by atoms with Gasteiger partial charge in [-0.15, -0.1) is 0 Å². The lowest BCUT2D eigenvalue weighted by Crippen LogP contribution is -2.30. The molecule has 0 fully saturated rings. The van der Waals surface area contributed by atoms with Crippen LogP contribution in [0.25, 0.3) is 0 Å². The van der Waals surface area contributed by atoms with E-state index in [0.717, 1.165) is 12.5 Å². The maximum absolute atomic E-state index is 3.60. The molecular formula is C17H29NS. The van der Waals surface area contributed by atoms with Crippen molar-refractivity contribution in [2.45, 2.75) is 46.1 Å². The number of thioether (sulfide) groups is 1. The average molecular weight is 279 g/mol. The second kappa shape index (κ2) is 9.44. The molecule has 1 atom stereocenters. The summed E-state index contributed by atoms with van der Waals surface area (Å²) in [7, 11) is 0. The SMILES string of the molecule is CSCCCC(CNC(C)C)Cc1cccc(C)c1. The highest BCUT2D eigenvalue weighted by Crippen LogP contribution is 2.16. The van der Waals surface area contributed by atoms with Crippen LogP contribution in [-0.2, 0) is 6.42 Å². The largest absolute Gasteiger partial charge is 0.314 e. The fourth-order valence-electron chi connectivity index (χ4n) is 2.37. The quantitative estimate of drug-likeness (QED) is 0.677. The van der Waals surface area contributed by atoms with Gasteiger partial charge in [0.1, 0.15) is 0 Å². The van der Waals surface area contributed by atoms with Crippen molar-refractivity contribution in [3.05, 3.63) is 35.4 Å². The summed E-state index contributed by atoms with van der Waals surface area (Å²) in [4.78, 5) is 0. The van der Waals surface area contributed by atoms with Gasteiger partial charge in [0, 0.05) is 6.04 Å². The molecule has 2 heteroatoms. The highest BCUT2D eigenvalue weighted by Gasteiger charge is 2.10. The van der Waals surface area contributed by atoms with Gasteiger partial charge in [-0.3, -0.25) is 0 Å². The van der Waals surface area contributed by atoms with Crippen LogP contribution in [0.2, 0.25) is 0 Å². The van der Waals surface area contributed by atoms with Crippen molar-refractivity contribution in [2.75, 3.05) is 18.6 Å². The minimum absolute atomic E-state index is 0.584. The molecule has 0 aliphatic rings.